The van der Waals surface area contributed by atoms with Gasteiger partial charge in [-0.05, 0) is 47.7 Å². The summed E-state index contributed by atoms with van der Waals surface area (Å²) >= 11 is 0. The van der Waals surface area contributed by atoms with Crippen molar-refractivity contribution in [3.8, 4) is 0 Å². The van der Waals surface area contributed by atoms with Crippen LogP contribution in [0.4, 0.5) is 5.69 Å². The monoisotopic (exact) mass is 358 g/mol. The summed E-state index contributed by atoms with van der Waals surface area (Å²) in [6, 6.07) is 12.3. The van der Waals surface area contributed by atoms with E-state index in [9.17, 15) is 13.2 Å². The van der Waals surface area contributed by atoms with Gasteiger partial charge in [-0.25, -0.2) is 13.6 Å². The Morgan fingerprint density at radius 3 is 2.32 bits per heavy atom. The number of anilines is 1. The Balaban J connectivity index is 2.12. The zero-order valence-electron chi connectivity index (χ0n) is 14.5. The molecule has 1 amide bonds. The third-order valence-corrected chi connectivity index (χ3v) is 4.74. The van der Waals surface area contributed by atoms with Gasteiger partial charge in [-0.15, -0.1) is 0 Å². The molecule has 0 radical (unpaired) electrons. The first kappa shape index (κ1) is 18.9. The van der Waals surface area contributed by atoms with Crippen molar-refractivity contribution >= 4 is 27.7 Å². The van der Waals surface area contributed by atoms with E-state index in [1.165, 1.54) is 23.8 Å². The van der Waals surface area contributed by atoms with Crippen LogP contribution in [0.15, 0.2) is 53.4 Å². The van der Waals surface area contributed by atoms with E-state index in [1.54, 1.807) is 19.1 Å². The molecule has 0 fully saturated rings. The molecular formula is C19H22N2O3S. The fraction of sp³-hybridized carbons (Fsp3) is 0.211. The molecule has 0 bridgehead atoms. The second-order valence-corrected chi connectivity index (χ2v) is 7.73. The van der Waals surface area contributed by atoms with E-state index in [4.69, 9.17) is 5.14 Å². The summed E-state index contributed by atoms with van der Waals surface area (Å²) in [5.41, 5.74) is 3.30. The molecule has 132 valence electrons. The zero-order valence-corrected chi connectivity index (χ0v) is 15.3. The Hall–Kier alpha value is -2.44. The normalized spacial score (nSPS) is 11.9. The van der Waals surface area contributed by atoms with Gasteiger partial charge in [0.2, 0.25) is 15.9 Å². The molecule has 0 aliphatic rings. The van der Waals surface area contributed by atoms with E-state index in [2.05, 4.69) is 19.2 Å². The molecule has 3 N–H and O–H groups in total. The molecule has 0 atom stereocenters. The highest BCUT2D eigenvalue weighted by molar-refractivity contribution is 7.89. The number of primary sulfonamides is 1. The molecule has 0 saturated heterocycles. The number of rotatable bonds is 5. The van der Waals surface area contributed by atoms with Gasteiger partial charge in [-0.3, -0.25) is 4.79 Å². The van der Waals surface area contributed by atoms with E-state index in [-0.39, 0.29) is 10.8 Å². The van der Waals surface area contributed by atoms with E-state index in [1.807, 2.05) is 24.3 Å². The molecule has 6 heteroatoms. The lowest BCUT2D eigenvalue weighted by molar-refractivity contribution is -0.111. The van der Waals surface area contributed by atoms with Gasteiger partial charge in [0.15, 0.2) is 0 Å². The summed E-state index contributed by atoms with van der Waals surface area (Å²) in [7, 11) is -3.81. The second-order valence-electron chi connectivity index (χ2n) is 6.17. The average Bonchev–Trinajstić information content (AvgIpc) is 2.54. The van der Waals surface area contributed by atoms with Gasteiger partial charge in [0.25, 0.3) is 0 Å². The summed E-state index contributed by atoms with van der Waals surface area (Å²) < 4.78 is 22.8. The summed E-state index contributed by atoms with van der Waals surface area (Å²) in [5.74, 6) is 0.109. The molecule has 0 unspecified atom stereocenters. The maximum absolute atomic E-state index is 12.1. The lowest BCUT2D eigenvalue weighted by atomic mass is 10.0. The van der Waals surface area contributed by atoms with Crippen molar-refractivity contribution < 1.29 is 13.2 Å². The largest absolute Gasteiger partial charge is 0.322 e. The fourth-order valence-corrected chi connectivity index (χ4v) is 2.79. The number of nitrogens with one attached hydrogen (secondary N) is 1. The predicted octanol–water partition coefficient (Wildman–Crippen LogP) is 3.42. The van der Waals surface area contributed by atoms with Crippen LogP contribution in [0.1, 0.15) is 36.5 Å². The SMILES string of the molecule is Cc1ccc(S(N)(=O)=O)cc1NC(=O)/C=C/c1ccc(C(C)C)cc1. The van der Waals surface area contributed by atoms with Crippen LogP contribution in [0, 0.1) is 6.92 Å². The molecule has 0 spiro atoms. The minimum absolute atomic E-state index is 0.0401. The molecule has 5 nitrogen and oxygen atoms in total. The van der Waals surface area contributed by atoms with Gasteiger partial charge >= 0.3 is 0 Å². The molecular weight excluding hydrogens is 336 g/mol. The predicted molar refractivity (Wildman–Crippen MR) is 101 cm³/mol. The maximum atomic E-state index is 12.1. The Kier molecular flexibility index (Phi) is 5.77. The molecule has 2 aromatic rings. The Labute approximate surface area is 148 Å². The van der Waals surface area contributed by atoms with Crippen LogP contribution in [0.3, 0.4) is 0 Å². The molecule has 0 aliphatic heterocycles. The number of hydrogen-bond donors (Lipinski definition) is 2. The number of carbonyl (C=O) groups is 1. The number of aryl methyl sites for hydroxylation is 1. The van der Waals surface area contributed by atoms with Gasteiger partial charge in [-0.1, -0.05) is 44.2 Å². The first-order valence-corrected chi connectivity index (χ1v) is 9.44. The van der Waals surface area contributed by atoms with Gasteiger partial charge < -0.3 is 5.32 Å². The van der Waals surface area contributed by atoms with Crippen LogP contribution in [-0.2, 0) is 14.8 Å². The fourth-order valence-electron chi connectivity index (χ4n) is 2.25. The van der Waals surface area contributed by atoms with Crippen molar-refractivity contribution in [2.45, 2.75) is 31.6 Å². The van der Waals surface area contributed by atoms with Crippen LogP contribution in [-0.4, -0.2) is 14.3 Å². The summed E-state index contributed by atoms with van der Waals surface area (Å²) in [6.45, 7) is 6.02. The molecule has 2 aromatic carbocycles. The Morgan fingerprint density at radius 1 is 1.12 bits per heavy atom. The van der Waals surface area contributed by atoms with Gasteiger partial charge in [0, 0.05) is 11.8 Å². The van der Waals surface area contributed by atoms with E-state index < -0.39 is 10.0 Å². The molecule has 0 heterocycles. The summed E-state index contributed by atoms with van der Waals surface area (Å²) in [5, 5.41) is 7.80. The van der Waals surface area contributed by atoms with Crippen molar-refractivity contribution in [3.63, 3.8) is 0 Å². The highest BCUT2D eigenvalue weighted by atomic mass is 32.2. The third kappa shape index (κ3) is 5.27. The van der Waals surface area contributed by atoms with E-state index in [0.717, 1.165) is 11.1 Å². The molecule has 25 heavy (non-hydrogen) atoms. The van der Waals surface area contributed by atoms with Crippen molar-refractivity contribution in [2.24, 2.45) is 5.14 Å². The van der Waals surface area contributed by atoms with Crippen molar-refractivity contribution in [1.82, 2.24) is 0 Å². The third-order valence-electron chi connectivity index (χ3n) is 3.83. The highest BCUT2D eigenvalue weighted by Gasteiger charge is 2.11. The van der Waals surface area contributed by atoms with Crippen LogP contribution in [0.2, 0.25) is 0 Å². The topological polar surface area (TPSA) is 89.3 Å². The van der Waals surface area contributed by atoms with E-state index in [0.29, 0.717) is 11.6 Å². The number of hydrogen-bond acceptors (Lipinski definition) is 3. The number of carbonyl (C=O) groups excluding carboxylic acids is 1. The minimum Gasteiger partial charge on any atom is -0.322 e. The molecule has 0 aromatic heterocycles. The minimum atomic E-state index is -3.81. The Morgan fingerprint density at radius 2 is 1.76 bits per heavy atom. The number of nitrogens with two attached hydrogens (primary N) is 1. The highest BCUT2D eigenvalue weighted by Crippen LogP contribution is 2.20. The lowest BCUT2D eigenvalue weighted by Crippen LogP contribution is -2.14. The average molecular weight is 358 g/mol. The first-order valence-electron chi connectivity index (χ1n) is 7.89. The number of sulfonamides is 1. The standard InChI is InChI=1S/C19H22N2O3S/c1-13(2)16-8-5-15(6-9-16)7-11-19(22)21-18-12-17(25(20,23)24)10-4-14(18)3/h4-13H,1-3H3,(H,21,22)(H2,20,23,24)/b11-7+. The van der Waals surface area contributed by atoms with Gasteiger partial charge in [0.05, 0.1) is 4.90 Å². The zero-order chi connectivity index (χ0) is 18.6. The molecule has 2 rings (SSSR count). The number of amides is 1. The van der Waals surface area contributed by atoms with E-state index >= 15 is 0 Å². The van der Waals surface area contributed by atoms with Crippen LogP contribution >= 0.6 is 0 Å². The van der Waals surface area contributed by atoms with Crippen molar-refractivity contribution in [2.75, 3.05) is 5.32 Å². The quantitative estimate of drug-likeness (QED) is 0.803. The van der Waals surface area contributed by atoms with Gasteiger partial charge in [-0.2, -0.15) is 0 Å². The lowest BCUT2D eigenvalue weighted by Gasteiger charge is -2.08. The number of benzene rings is 2. The van der Waals surface area contributed by atoms with Crippen molar-refractivity contribution in [1.29, 1.82) is 0 Å². The maximum Gasteiger partial charge on any atom is 0.248 e. The van der Waals surface area contributed by atoms with Crippen LogP contribution < -0.4 is 10.5 Å². The Bertz CT molecular complexity index is 899. The van der Waals surface area contributed by atoms with Gasteiger partial charge in [0.1, 0.15) is 0 Å². The van der Waals surface area contributed by atoms with Crippen molar-refractivity contribution in [3.05, 3.63) is 65.2 Å². The summed E-state index contributed by atoms with van der Waals surface area (Å²) in [6.07, 6.45) is 3.12. The van der Waals surface area contributed by atoms with Crippen LogP contribution in [0.25, 0.3) is 6.08 Å². The summed E-state index contributed by atoms with van der Waals surface area (Å²) in [4.78, 5) is 12.1. The molecule has 0 aliphatic carbocycles. The molecule has 0 saturated carbocycles. The first-order chi connectivity index (χ1) is 11.7. The second kappa shape index (κ2) is 7.63. The van der Waals surface area contributed by atoms with Crippen LogP contribution in [0.5, 0.6) is 0 Å². The smallest absolute Gasteiger partial charge is 0.248 e.